The Morgan fingerprint density at radius 1 is 1.16 bits per heavy atom. The summed E-state index contributed by atoms with van der Waals surface area (Å²) in [7, 11) is 3.69. The molecule has 10 heteroatoms. The third kappa shape index (κ3) is 5.55. The molecule has 0 radical (unpaired) electrons. The van der Waals surface area contributed by atoms with E-state index in [2.05, 4.69) is 37.8 Å². The highest BCUT2D eigenvalue weighted by molar-refractivity contribution is 6.03. The van der Waals surface area contributed by atoms with Crippen molar-refractivity contribution in [3.8, 4) is 5.75 Å². The van der Waals surface area contributed by atoms with E-state index in [1.165, 1.54) is 19.3 Å². The van der Waals surface area contributed by atoms with Crippen LogP contribution in [0.25, 0.3) is 0 Å². The van der Waals surface area contributed by atoms with Crippen LogP contribution in [0.4, 0.5) is 23.1 Å². The average Bonchev–Trinajstić information content (AvgIpc) is 2.94. The highest BCUT2D eigenvalue weighted by Gasteiger charge is 2.38. The molecule has 0 unspecified atom stereocenters. The number of piperidine rings is 1. The Hall–Kier alpha value is -3.40. The van der Waals surface area contributed by atoms with E-state index < -0.39 is 0 Å². The molecule has 2 amide bonds. The van der Waals surface area contributed by atoms with Gasteiger partial charge in [0.2, 0.25) is 11.9 Å². The number of nitrogens with zero attached hydrogens (tertiary/aromatic N) is 4. The molecule has 5 rings (SSSR count). The van der Waals surface area contributed by atoms with Gasteiger partial charge in [0, 0.05) is 17.6 Å². The quantitative estimate of drug-likeness (QED) is 0.503. The van der Waals surface area contributed by atoms with Crippen molar-refractivity contribution in [1.82, 2.24) is 20.2 Å². The van der Waals surface area contributed by atoms with Gasteiger partial charge in [-0.25, -0.2) is 4.98 Å². The van der Waals surface area contributed by atoms with Crippen LogP contribution in [0.15, 0.2) is 24.4 Å². The van der Waals surface area contributed by atoms with Gasteiger partial charge in [-0.3, -0.25) is 9.59 Å². The number of anilines is 4. The van der Waals surface area contributed by atoms with Gasteiger partial charge in [0.1, 0.15) is 17.5 Å². The van der Waals surface area contributed by atoms with Crippen molar-refractivity contribution < 1.29 is 14.3 Å². The molecule has 0 bridgehead atoms. The van der Waals surface area contributed by atoms with Gasteiger partial charge in [0.15, 0.2) is 5.82 Å². The van der Waals surface area contributed by atoms with E-state index in [4.69, 9.17) is 9.72 Å². The number of likely N-dealkylation sites (tertiary alicyclic amines) is 1. The van der Waals surface area contributed by atoms with Crippen LogP contribution in [0.3, 0.4) is 0 Å². The summed E-state index contributed by atoms with van der Waals surface area (Å²) in [5.41, 5.74) is 1.86. The fraction of sp³-hybridized carbons (Fsp3) is 0.571. The van der Waals surface area contributed by atoms with Crippen LogP contribution < -0.4 is 25.6 Å². The Balaban J connectivity index is 1.35. The monoisotopic (exact) mass is 521 g/mol. The third-order valence-corrected chi connectivity index (χ3v) is 8.03. The maximum absolute atomic E-state index is 12.9. The third-order valence-electron chi connectivity index (χ3n) is 8.03. The number of methoxy groups -OCH3 is 1. The molecule has 1 atom stereocenters. The smallest absolute Gasteiger partial charge is 0.251 e. The minimum absolute atomic E-state index is 0.00524. The molecule has 1 saturated heterocycles. The van der Waals surface area contributed by atoms with Crippen molar-refractivity contribution in [2.45, 2.75) is 76.4 Å². The molecule has 3 aliphatic rings. The first-order chi connectivity index (χ1) is 18.5. The molecular weight excluding hydrogens is 482 g/mol. The molecule has 3 heterocycles. The van der Waals surface area contributed by atoms with Crippen molar-refractivity contribution in [2.75, 3.05) is 42.8 Å². The van der Waals surface area contributed by atoms with Crippen LogP contribution in [0.2, 0.25) is 0 Å². The first kappa shape index (κ1) is 26.2. The topological polar surface area (TPSA) is 112 Å². The van der Waals surface area contributed by atoms with E-state index in [0.717, 1.165) is 44.6 Å². The molecular formula is C28H39N7O3. The van der Waals surface area contributed by atoms with Gasteiger partial charge < -0.3 is 30.5 Å². The molecule has 38 heavy (non-hydrogen) atoms. The van der Waals surface area contributed by atoms with Gasteiger partial charge >= 0.3 is 0 Å². The van der Waals surface area contributed by atoms with E-state index in [1.54, 1.807) is 25.4 Å². The maximum atomic E-state index is 12.9. The maximum Gasteiger partial charge on any atom is 0.251 e. The van der Waals surface area contributed by atoms with Crippen LogP contribution in [-0.2, 0) is 4.79 Å². The van der Waals surface area contributed by atoms with Crippen LogP contribution in [0, 0.1) is 0 Å². The van der Waals surface area contributed by atoms with Gasteiger partial charge in [-0.2, -0.15) is 4.98 Å². The SMILES string of the molecule is CC[C@@H]1C(=O)Nc2cnc(Nc3ccc(C(=O)NC4CCN(C)CC4)cc3OC)nc2N1C1CCCCC1. The molecule has 2 fully saturated rings. The minimum Gasteiger partial charge on any atom is -0.495 e. The lowest BCUT2D eigenvalue weighted by molar-refractivity contribution is -0.118. The van der Waals surface area contributed by atoms with Crippen molar-refractivity contribution in [1.29, 1.82) is 0 Å². The average molecular weight is 522 g/mol. The van der Waals surface area contributed by atoms with Crippen LogP contribution in [0.1, 0.15) is 68.6 Å². The standard InChI is InChI=1S/C28H39N7O3/c1-4-23-27(37)31-22-17-29-28(33-25(22)35(23)20-8-6-5-7-9-20)32-21-11-10-18(16-24(21)38-3)26(36)30-19-12-14-34(2)15-13-19/h10-11,16-17,19-20,23H,4-9,12-15H2,1-3H3,(H,30,36)(H,31,37)(H,29,32,33)/t23-/m1/s1. The van der Waals surface area contributed by atoms with Gasteiger partial charge in [-0.05, 0) is 70.4 Å². The number of amides is 2. The van der Waals surface area contributed by atoms with E-state index >= 15 is 0 Å². The molecule has 10 nitrogen and oxygen atoms in total. The molecule has 3 N–H and O–H groups in total. The number of hydrogen-bond acceptors (Lipinski definition) is 8. The number of fused-ring (bicyclic) bond motifs is 1. The Kier molecular flexibility index (Phi) is 7.97. The summed E-state index contributed by atoms with van der Waals surface area (Å²) >= 11 is 0. The minimum atomic E-state index is -0.245. The fourth-order valence-corrected chi connectivity index (χ4v) is 5.85. The van der Waals surface area contributed by atoms with Crippen molar-refractivity contribution in [3.63, 3.8) is 0 Å². The van der Waals surface area contributed by atoms with Crippen molar-refractivity contribution in [2.24, 2.45) is 0 Å². The first-order valence-corrected chi connectivity index (χ1v) is 13.9. The number of carbonyl (C=O) groups is 2. The van der Waals surface area contributed by atoms with E-state index in [1.807, 2.05) is 13.0 Å². The van der Waals surface area contributed by atoms with Crippen molar-refractivity contribution >= 4 is 35.0 Å². The van der Waals surface area contributed by atoms with Crippen molar-refractivity contribution in [3.05, 3.63) is 30.0 Å². The number of carbonyl (C=O) groups excluding carboxylic acids is 2. The number of ether oxygens (including phenoxy) is 1. The van der Waals surface area contributed by atoms with Gasteiger partial charge in [-0.15, -0.1) is 0 Å². The highest BCUT2D eigenvalue weighted by atomic mass is 16.5. The summed E-state index contributed by atoms with van der Waals surface area (Å²) in [5, 5.41) is 9.42. The summed E-state index contributed by atoms with van der Waals surface area (Å²) < 4.78 is 5.62. The molecule has 2 aliphatic heterocycles. The summed E-state index contributed by atoms with van der Waals surface area (Å²) in [6, 6.07) is 5.58. The lowest BCUT2D eigenvalue weighted by Gasteiger charge is -2.43. The normalized spacial score (nSPS) is 21.0. The number of aromatic nitrogens is 2. The Labute approximate surface area is 224 Å². The molecule has 1 aliphatic carbocycles. The molecule has 2 aromatic rings. The second kappa shape index (κ2) is 11.6. The number of rotatable bonds is 7. The lowest BCUT2D eigenvalue weighted by Crippen LogP contribution is -2.53. The number of nitrogens with one attached hydrogen (secondary N) is 3. The van der Waals surface area contributed by atoms with E-state index in [-0.39, 0.29) is 29.9 Å². The lowest BCUT2D eigenvalue weighted by atomic mass is 9.92. The van der Waals surface area contributed by atoms with E-state index in [0.29, 0.717) is 35.1 Å². The summed E-state index contributed by atoms with van der Waals surface area (Å²) in [6.07, 6.45) is 9.97. The zero-order chi connectivity index (χ0) is 26.6. The summed E-state index contributed by atoms with van der Waals surface area (Å²) in [6.45, 7) is 4.01. The van der Waals surface area contributed by atoms with Crippen LogP contribution >= 0.6 is 0 Å². The van der Waals surface area contributed by atoms with Gasteiger partial charge in [-0.1, -0.05) is 26.2 Å². The predicted molar refractivity (Wildman–Crippen MR) is 148 cm³/mol. The van der Waals surface area contributed by atoms with Crippen LogP contribution in [-0.4, -0.2) is 72.1 Å². The molecule has 1 aromatic heterocycles. The fourth-order valence-electron chi connectivity index (χ4n) is 5.85. The van der Waals surface area contributed by atoms with Gasteiger partial charge in [0.05, 0.1) is 19.0 Å². The predicted octanol–water partition coefficient (Wildman–Crippen LogP) is 3.92. The summed E-state index contributed by atoms with van der Waals surface area (Å²) in [4.78, 5) is 39.6. The second-order valence-corrected chi connectivity index (χ2v) is 10.6. The van der Waals surface area contributed by atoms with Crippen LogP contribution in [0.5, 0.6) is 5.75 Å². The Morgan fingerprint density at radius 2 is 1.92 bits per heavy atom. The molecule has 1 saturated carbocycles. The zero-order valence-corrected chi connectivity index (χ0v) is 22.6. The molecule has 1 aromatic carbocycles. The Bertz CT molecular complexity index is 1160. The van der Waals surface area contributed by atoms with Gasteiger partial charge in [0.25, 0.3) is 5.91 Å². The zero-order valence-electron chi connectivity index (χ0n) is 22.6. The molecule has 204 valence electrons. The van der Waals surface area contributed by atoms with E-state index in [9.17, 15) is 9.59 Å². The summed E-state index contributed by atoms with van der Waals surface area (Å²) in [5.74, 6) is 1.61. The number of benzene rings is 1. The molecule has 0 spiro atoms. The highest BCUT2D eigenvalue weighted by Crippen LogP contribution is 2.38. The number of hydrogen-bond donors (Lipinski definition) is 3. The largest absolute Gasteiger partial charge is 0.495 e. The Morgan fingerprint density at radius 3 is 2.63 bits per heavy atom. The first-order valence-electron chi connectivity index (χ1n) is 13.9. The second-order valence-electron chi connectivity index (χ2n) is 10.6.